The van der Waals surface area contributed by atoms with Gasteiger partial charge in [-0.1, -0.05) is 36.4 Å². The average Bonchev–Trinajstić information content (AvgIpc) is 3.07. The van der Waals surface area contributed by atoms with Gasteiger partial charge in [-0.2, -0.15) is 0 Å². The smallest absolute Gasteiger partial charge is 0.150 e. The zero-order valence-electron chi connectivity index (χ0n) is 9.68. The van der Waals surface area contributed by atoms with Crippen molar-refractivity contribution in [1.29, 1.82) is 0 Å². The number of hydrogen-bond acceptors (Lipinski definition) is 1. The molecule has 4 aromatic rings. The Bertz CT molecular complexity index is 825. The van der Waals surface area contributed by atoms with Crippen molar-refractivity contribution >= 4 is 21.7 Å². The van der Waals surface area contributed by atoms with E-state index in [1.807, 2.05) is 12.1 Å². The van der Waals surface area contributed by atoms with Crippen LogP contribution in [0.5, 0.6) is 0 Å². The SMILES string of the molecule is c1coc(-c2cc3ccc4ccccc4c3[nH]2)c1. The van der Waals surface area contributed by atoms with Gasteiger partial charge in [0.05, 0.1) is 17.5 Å². The molecular formula is C16H11NO. The van der Waals surface area contributed by atoms with Crippen molar-refractivity contribution in [2.75, 3.05) is 0 Å². The summed E-state index contributed by atoms with van der Waals surface area (Å²) in [5.74, 6) is 0.871. The van der Waals surface area contributed by atoms with Crippen LogP contribution < -0.4 is 0 Å². The Labute approximate surface area is 104 Å². The highest BCUT2D eigenvalue weighted by Crippen LogP contribution is 2.29. The van der Waals surface area contributed by atoms with Gasteiger partial charge in [-0.3, -0.25) is 0 Å². The van der Waals surface area contributed by atoms with E-state index in [9.17, 15) is 0 Å². The molecule has 0 saturated heterocycles. The van der Waals surface area contributed by atoms with Crippen molar-refractivity contribution in [1.82, 2.24) is 4.98 Å². The van der Waals surface area contributed by atoms with Crippen LogP contribution in [0.15, 0.2) is 65.3 Å². The van der Waals surface area contributed by atoms with Crippen LogP contribution in [0, 0.1) is 0 Å². The maximum atomic E-state index is 5.43. The predicted molar refractivity (Wildman–Crippen MR) is 73.5 cm³/mol. The Hall–Kier alpha value is -2.48. The number of rotatable bonds is 1. The number of aromatic nitrogens is 1. The normalized spacial score (nSPS) is 11.3. The van der Waals surface area contributed by atoms with E-state index < -0.39 is 0 Å². The van der Waals surface area contributed by atoms with E-state index in [1.165, 1.54) is 21.7 Å². The van der Waals surface area contributed by atoms with E-state index >= 15 is 0 Å². The third-order valence-electron chi connectivity index (χ3n) is 3.31. The number of hydrogen-bond donors (Lipinski definition) is 1. The topological polar surface area (TPSA) is 28.9 Å². The first-order chi connectivity index (χ1) is 8.92. The standard InChI is InChI=1S/C16H11NO/c1-2-5-13-11(4-1)7-8-12-10-14(17-16(12)13)15-6-3-9-18-15/h1-10,17H. The van der Waals surface area contributed by atoms with E-state index in [-0.39, 0.29) is 0 Å². The average molecular weight is 233 g/mol. The van der Waals surface area contributed by atoms with Crippen LogP contribution in [0.2, 0.25) is 0 Å². The fourth-order valence-corrected chi connectivity index (χ4v) is 2.44. The lowest BCUT2D eigenvalue weighted by Crippen LogP contribution is -1.75. The summed E-state index contributed by atoms with van der Waals surface area (Å²) in [6.45, 7) is 0. The quantitative estimate of drug-likeness (QED) is 0.512. The highest BCUT2D eigenvalue weighted by molar-refractivity contribution is 6.06. The molecule has 2 aromatic heterocycles. The lowest BCUT2D eigenvalue weighted by atomic mass is 10.1. The second kappa shape index (κ2) is 3.50. The van der Waals surface area contributed by atoms with E-state index in [0.717, 1.165) is 11.5 Å². The summed E-state index contributed by atoms with van der Waals surface area (Å²) in [6, 6.07) is 18.7. The van der Waals surface area contributed by atoms with Gasteiger partial charge in [-0.25, -0.2) is 0 Å². The second-order valence-corrected chi connectivity index (χ2v) is 4.41. The molecule has 0 radical (unpaired) electrons. The van der Waals surface area contributed by atoms with Gasteiger partial charge in [0.15, 0.2) is 0 Å². The first-order valence-corrected chi connectivity index (χ1v) is 5.96. The van der Waals surface area contributed by atoms with Crippen molar-refractivity contribution < 1.29 is 4.42 Å². The van der Waals surface area contributed by atoms with Gasteiger partial charge in [0.1, 0.15) is 5.76 Å². The molecule has 0 bridgehead atoms. The Kier molecular flexibility index (Phi) is 1.86. The molecule has 4 rings (SSSR count). The molecule has 0 aliphatic heterocycles. The van der Waals surface area contributed by atoms with E-state index in [4.69, 9.17) is 4.42 Å². The summed E-state index contributed by atoms with van der Waals surface area (Å²) in [7, 11) is 0. The number of fused-ring (bicyclic) bond motifs is 3. The van der Waals surface area contributed by atoms with Gasteiger partial charge in [-0.15, -0.1) is 0 Å². The molecule has 0 atom stereocenters. The molecular weight excluding hydrogens is 222 g/mol. The van der Waals surface area contributed by atoms with E-state index in [1.54, 1.807) is 6.26 Å². The molecule has 0 spiro atoms. The Morgan fingerprint density at radius 2 is 1.72 bits per heavy atom. The number of nitrogens with one attached hydrogen (secondary N) is 1. The fraction of sp³-hybridized carbons (Fsp3) is 0. The third kappa shape index (κ3) is 1.29. The molecule has 0 amide bonds. The number of H-pyrrole nitrogens is 1. The van der Waals surface area contributed by atoms with Crippen molar-refractivity contribution in [2.24, 2.45) is 0 Å². The van der Waals surface area contributed by atoms with Crippen LogP contribution >= 0.6 is 0 Å². The molecule has 0 aliphatic carbocycles. The lowest BCUT2D eigenvalue weighted by Gasteiger charge is -1.98. The highest BCUT2D eigenvalue weighted by Gasteiger charge is 2.07. The first kappa shape index (κ1) is 9.54. The maximum absolute atomic E-state index is 5.43. The van der Waals surface area contributed by atoms with Gasteiger partial charge in [0, 0.05) is 10.8 Å². The van der Waals surface area contributed by atoms with Crippen LogP contribution in [-0.2, 0) is 0 Å². The van der Waals surface area contributed by atoms with Gasteiger partial charge >= 0.3 is 0 Å². The Morgan fingerprint density at radius 3 is 2.61 bits per heavy atom. The summed E-state index contributed by atoms with van der Waals surface area (Å²) in [6.07, 6.45) is 1.69. The summed E-state index contributed by atoms with van der Waals surface area (Å²) >= 11 is 0. The zero-order valence-corrected chi connectivity index (χ0v) is 9.68. The molecule has 0 aliphatic rings. The van der Waals surface area contributed by atoms with Gasteiger partial charge in [0.25, 0.3) is 0 Å². The molecule has 0 unspecified atom stereocenters. The highest BCUT2D eigenvalue weighted by atomic mass is 16.3. The zero-order chi connectivity index (χ0) is 11.9. The van der Waals surface area contributed by atoms with Crippen molar-refractivity contribution in [3.8, 4) is 11.5 Å². The first-order valence-electron chi connectivity index (χ1n) is 5.96. The van der Waals surface area contributed by atoms with Crippen molar-refractivity contribution in [2.45, 2.75) is 0 Å². The maximum Gasteiger partial charge on any atom is 0.150 e. The van der Waals surface area contributed by atoms with Gasteiger partial charge in [0.2, 0.25) is 0 Å². The fourth-order valence-electron chi connectivity index (χ4n) is 2.44. The van der Waals surface area contributed by atoms with Gasteiger partial charge < -0.3 is 9.40 Å². The number of benzene rings is 2. The predicted octanol–water partition coefficient (Wildman–Crippen LogP) is 4.58. The molecule has 0 saturated carbocycles. The minimum Gasteiger partial charge on any atom is -0.463 e. The van der Waals surface area contributed by atoms with E-state index in [2.05, 4.69) is 47.4 Å². The largest absolute Gasteiger partial charge is 0.463 e. The van der Waals surface area contributed by atoms with Gasteiger partial charge in [-0.05, 0) is 23.6 Å². The molecule has 86 valence electrons. The van der Waals surface area contributed by atoms with Crippen LogP contribution in [0.25, 0.3) is 33.1 Å². The minimum atomic E-state index is 0.871. The number of aromatic amines is 1. The number of furan rings is 1. The van der Waals surface area contributed by atoms with Crippen LogP contribution in [0.3, 0.4) is 0 Å². The lowest BCUT2D eigenvalue weighted by molar-refractivity contribution is 0.580. The second-order valence-electron chi connectivity index (χ2n) is 4.41. The molecule has 18 heavy (non-hydrogen) atoms. The molecule has 2 heteroatoms. The van der Waals surface area contributed by atoms with E-state index in [0.29, 0.717) is 0 Å². The Morgan fingerprint density at radius 1 is 0.833 bits per heavy atom. The Balaban J connectivity index is 2.08. The third-order valence-corrected chi connectivity index (χ3v) is 3.31. The monoisotopic (exact) mass is 233 g/mol. The summed E-state index contributed by atoms with van der Waals surface area (Å²) in [5.41, 5.74) is 2.19. The summed E-state index contributed by atoms with van der Waals surface area (Å²) < 4.78 is 5.43. The van der Waals surface area contributed by atoms with Crippen molar-refractivity contribution in [3.05, 3.63) is 60.9 Å². The van der Waals surface area contributed by atoms with Crippen LogP contribution in [-0.4, -0.2) is 4.98 Å². The van der Waals surface area contributed by atoms with Crippen LogP contribution in [0.1, 0.15) is 0 Å². The van der Waals surface area contributed by atoms with Crippen LogP contribution in [0.4, 0.5) is 0 Å². The molecule has 2 heterocycles. The molecule has 1 N–H and O–H groups in total. The van der Waals surface area contributed by atoms with Crippen molar-refractivity contribution in [3.63, 3.8) is 0 Å². The summed E-state index contributed by atoms with van der Waals surface area (Å²) in [4.78, 5) is 3.45. The molecule has 2 nitrogen and oxygen atoms in total. The molecule has 2 aromatic carbocycles. The summed E-state index contributed by atoms with van der Waals surface area (Å²) in [5, 5.41) is 3.70. The molecule has 0 fully saturated rings. The minimum absolute atomic E-state index is 0.871.